The van der Waals surface area contributed by atoms with Gasteiger partial charge >= 0.3 is 0 Å². The standard InChI is InChI=1S/C14H14ClN/c1-8(2)11-6-13(15)12(7-16)14(9(3)4)10(11)5/h6H,1,3H2,2,4-5H3. The van der Waals surface area contributed by atoms with E-state index in [4.69, 9.17) is 16.9 Å². The zero-order valence-corrected chi connectivity index (χ0v) is 10.6. The van der Waals surface area contributed by atoms with Crippen molar-refractivity contribution >= 4 is 22.7 Å². The van der Waals surface area contributed by atoms with Crippen LogP contribution < -0.4 is 0 Å². The average molecular weight is 232 g/mol. The number of rotatable bonds is 2. The van der Waals surface area contributed by atoms with Crippen LogP contribution in [-0.2, 0) is 0 Å². The number of hydrogen-bond donors (Lipinski definition) is 0. The summed E-state index contributed by atoms with van der Waals surface area (Å²) in [6, 6.07) is 3.93. The summed E-state index contributed by atoms with van der Waals surface area (Å²) < 4.78 is 0. The van der Waals surface area contributed by atoms with E-state index in [1.807, 2.05) is 20.8 Å². The molecule has 0 N–H and O–H groups in total. The van der Waals surface area contributed by atoms with Gasteiger partial charge in [-0.1, -0.05) is 30.3 Å². The molecular formula is C14H14ClN. The molecule has 0 saturated carbocycles. The van der Waals surface area contributed by atoms with E-state index < -0.39 is 0 Å². The fourth-order valence-corrected chi connectivity index (χ4v) is 2.08. The first kappa shape index (κ1) is 12.5. The third-order valence-corrected chi connectivity index (χ3v) is 2.84. The summed E-state index contributed by atoms with van der Waals surface area (Å²) in [6.45, 7) is 13.6. The number of benzene rings is 1. The van der Waals surface area contributed by atoms with E-state index in [2.05, 4.69) is 19.2 Å². The van der Waals surface area contributed by atoms with Gasteiger partial charge in [0.15, 0.2) is 0 Å². The van der Waals surface area contributed by atoms with Crippen molar-refractivity contribution in [2.45, 2.75) is 20.8 Å². The van der Waals surface area contributed by atoms with Crippen molar-refractivity contribution in [1.29, 1.82) is 5.26 Å². The zero-order chi connectivity index (χ0) is 12.5. The van der Waals surface area contributed by atoms with Crippen LogP contribution in [0.25, 0.3) is 11.1 Å². The number of nitrogens with zero attached hydrogens (tertiary/aromatic N) is 1. The van der Waals surface area contributed by atoms with Crippen molar-refractivity contribution in [3.05, 3.63) is 46.5 Å². The monoisotopic (exact) mass is 231 g/mol. The molecule has 1 rings (SSSR count). The normalized spacial score (nSPS) is 9.69. The number of halogens is 1. The molecule has 0 unspecified atom stereocenters. The van der Waals surface area contributed by atoms with Crippen LogP contribution >= 0.6 is 11.6 Å². The molecule has 0 bridgehead atoms. The molecule has 82 valence electrons. The first-order valence-electron chi connectivity index (χ1n) is 4.95. The largest absolute Gasteiger partial charge is 0.192 e. The molecule has 0 atom stereocenters. The minimum atomic E-state index is 0.462. The van der Waals surface area contributed by atoms with E-state index in [1.165, 1.54) is 0 Å². The Bertz CT molecular complexity index is 519. The molecule has 0 spiro atoms. The fourth-order valence-electron chi connectivity index (χ4n) is 1.83. The summed E-state index contributed by atoms with van der Waals surface area (Å²) in [6.07, 6.45) is 0. The lowest BCUT2D eigenvalue weighted by molar-refractivity contribution is 1.34. The lowest BCUT2D eigenvalue weighted by Crippen LogP contribution is -1.97. The second-order valence-electron chi connectivity index (χ2n) is 3.95. The van der Waals surface area contributed by atoms with Crippen molar-refractivity contribution in [2.75, 3.05) is 0 Å². The third-order valence-electron chi connectivity index (χ3n) is 2.54. The maximum atomic E-state index is 9.10. The van der Waals surface area contributed by atoms with Gasteiger partial charge in [-0.15, -0.1) is 0 Å². The molecule has 0 aliphatic heterocycles. The minimum absolute atomic E-state index is 0.462. The summed E-state index contributed by atoms with van der Waals surface area (Å²) in [5, 5.41) is 9.57. The van der Waals surface area contributed by atoms with Gasteiger partial charge in [0.25, 0.3) is 0 Å². The fraction of sp³-hybridized carbons (Fsp3) is 0.214. The van der Waals surface area contributed by atoms with Gasteiger partial charge < -0.3 is 0 Å². The van der Waals surface area contributed by atoms with Crippen LogP contribution in [0.5, 0.6) is 0 Å². The molecule has 1 aromatic rings. The summed E-state index contributed by atoms with van der Waals surface area (Å²) in [5.74, 6) is 0. The molecule has 1 nitrogen and oxygen atoms in total. The van der Waals surface area contributed by atoms with Crippen LogP contribution in [0, 0.1) is 18.3 Å². The highest BCUT2D eigenvalue weighted by atomic mass is 35.5. The molecular weight excluding hydrogens is 218 g/mol. The van der Waals surface area contributed by atoms with Crippen molar-refractivity contribution < 1.29 is 0 Å². The van der Waals surface area contributed by atoms with Gasteiger partial charge in [0, 0.05) is 0 Å². The number of hydrogen-bond acceptors (Lipinski definition) is 1. The zero-order valence-electron chi connectivity index (χ0n) is 9.82. The highest BCUT2D eigenvalue weighted by molar-refractivity contribution is 6.32. The summed E-state index contributed by atoms with van der Waals surface area (Å²) >= 11 is 6.09. The van der Waals surface area contributed by atoms with Crippen LogP contribution in [0.2, 0.25) is 5.02 Å². The maximum Gasteiger partial charge on any atom is 0.101 e. The highest BCUT2D eigenvalue weighted by Crippen LogP contribution is 2.33. The predicted molar refractivity (Wildman–Crippen MR) is 70.3 cm³/mol. The molecule has 0 heterocycles. The van der Waals surface area contributed by atoms with Crippen molar-refractivity contribution in [3.8, 4) is 6.07 Å². The minimum Gasteiger partial charge on any atom is -0.192 e. The van der Waals surface area contributed by atoms with Crippen LogP contribution in [0.3, 0.4) is 0 Å². The average Bonchev–Trinajstić information content (AvgIpc) is 2.19. The Morgan fingerprint density at radius 3 is 2.25 bits per heavy atom. The Hall–Kier alpha value is -1.52. The van der Waals surface area contributed by atoms with Gasteiger partial charge in [0.2, 0.25) is 0 Å². The van der Waals surface area contributed by atoms with Crippen molar-refractivity contribution in [2.24, 2.45) is 0 Å². The van der Waals surface area contributed by atoms with Crippen LogP contribution in [0.1, 0.15) is 36.1 Å². The van der Waals surface area contributed by atoms with E-state index in [0.717, 1.165) is 27.8 Å². The Morgan fingerprint density at radius 2 is 1.88 bits per heavy atom. The Kier molecular flexibility index (Phi) is 3.57. The number of allylic oxidation sites excluding steroid dienone is 2. The van der Waals surface area contributed by atoms with Crippen LogP contribution in [0.15, 0.2) is 19.2 Å². The second-order valence-corrected chi connectivity index (χ2v) is 4.36. The van der Waals surface area contributed by atoms with E-state index in [9.17, 15) is 0 Å². The van der Waals surface area contributed by atoms with Gasteiger partial charge in [-0.2, -0.15) is 5.26 Å². The highest BCUT2D eigenvalue weighted by Gasteiger charge is 2.14. The van der Waals surface area contributed by atoms with E-state index >= 15 is 0 Å². The van der Waals surface area contributed by atoms with Gasteiger partial charge in [0.05, 0.1) is 10.6 Å². The Labute approximate surface area is 102 Å². The van der Waals surface area contributed by atoms with E-state index in [0.29, 0.717) is 10.6 Å². The van der Waals surface area contributed by atoms with Gasteiger partial charge in [-0.25, -0.2) is 0 Å². The first-order chi connectivity index (χ1) is 7.40. The molecule has 0 aliphatic carbocycles. The van der Waals surface area contributed by atoms with Crippen molar-refractivity contribution in [3.63, 3.8) is 0 Å². The predicted octanol–water partition coefficient (Wildman–Crippen LogP) is 4.59. The molecule has 0 amide bonds. The first-order valence-corrected chi connectivity index (χ1v) is 5.33. The molecule has 0 aliphatic rings. The molecule has 1 aromatic carbocycles. The van der Waals surface area contributed by atoms with Crippen LogP contribution in [0.4, 0.5) is 0 Å². The van der Waals surface area contributed by atoms with Gasteiger partial charge in [-0.05, 0) is 49.1 Å². The topological polar surface area (TPSA) is 23.8 Å². The molecule has 0 saturated heterocycles. The molecule has 0 fully saturated rings. The summed E-state index contributed by atoms with van der Waals surface area (Å²) in [7, 11) is 0. The lowest BCUT2D eigenvalue weighted by Gasteiger charge is -2.14. The van der Waals surface area contributed by atoms with E-state index in [-0.39, 0.29) is 0 Å². The summed E-state index contributed by atoms with van der Waals surface area (Å²) in [5.41, 5.74) is 5.12. The molecule has 2 heteroatoms. The molecule has 16 heavy (non-hydrogen) atoms. The SMILES string of the molecule is C=C(C)c1cc(Cl)c(C#N)c(C(=C)C)c1C. The van der Waals surface area contributed by atoms with Gasteiger partial charge in [-0.3, -0.25) is 0 Å². The van der Waals surface area contributed by atoms with Crippen LogP contribution in [-0.4, -0.2) is 0 Å². The van der Waals surface area contributed by atoms with Gasteiger partial charge in [0.1, 0.15) is 6.07 Å². The maximum absolute atomic E-state index is 9.10. The summed E-state index contributed by atoms with van der Waals surface area (Å²) in [4.78, 5) is 0. The third kappa shape index (κ3) is 2.03. The molecule has 0 radical (unpaired) electrons. The van der Waals surface area contributed by atoms with E-state index in [1.54, 1.807) is 6.07 Å². The lowest BCUT2D eigenvalue weighted by atomic mass is 9.91. The smallest absolute Gasteiger partial charge is 0.101 e. The second kappa shape index (κ2) is 4.55. The molecule has 0 aromatic heterocycles. The number of nitriles is 1. The quantitative estimate of drug-likeness (QED) is 0.731. The Balaban J connectivity index is 3.74. The van der Waals surface area contributed by atoms with Crippen molar-refractivity contribution in [1.82, 2.24) is 0 Å². The Morgan fingerprint density at radius 1 is 1.31 bits per heavy atom.